The van der Waals surface area contributed by atoms with E-state index in [2.05, 4.69) is 30.0 Å². The van der Waals surface area contributed by atoms with Gasteiger partial charge in [0, 0.05) is 31.4 Å². The van der Waals surface area contributed by atoms with Gasteiger partial charge >= 0.3 is 0 Å². The number of anilines is 1. The molecule has 0 radical (unpaired) electrons. The van der Waals surface area contributed by atoms with Crippen LogP contribution in [-0.4, -0.2) is 19.1 Å². The predicted octanol–water partition coefficient (Wildman–Crippen LogP) is 6.90. The standard InChI is InChI=1S/C25H34N2OS/c1-4-5-6-7-8-9-10-11-12-13-19-16-22-25(18-23(19)28)29-24-17-20(27(2)3)14-15-21(24)26-22/h14-18H,4-13H2,1-3H3. The molecule has 1 aromatic rings. The van der Waals surface area contributed by atoms with Crippen molar-refractivity contribution in [3.05, 3.63) is 46.1 Å². The van der Waals surface area contributed by atoms with Gasteiger partial charge in [0.25, 0.3) is 0 Å². The molecule has 0 amide bonds. The zero-order chi connectivity index (χ0) is 20.6. The molecular weight excluding hydrogens is 376 g/mol. The van der Waals surface area contributed by atoms with Crippen molar-refractivity contribution in [3.8, 4) is 10.6 Å². The van der Waals surface area contributed by atoms with E-state index in [1.807, 2.05) is 20.2 Å². The van der Waals surface area contributed by atoms with Gasteiger partial charge in [-0.2, -0.15) is 0 Å². The molecule has 156 valence electrons. The predicted molar refractivity (Wildman–Crippen MR) is 128 cm³/mol. The lowest BCUT2D eigenvalue weighted by molar-refractivity contribution is 0.564. The van der Waals surface area contributed by atoms with Crippen molar-refractivity contribution in [1.82, 2.24) is 4.98 Å². The van der Waals surface area contributed by atoms with Gasteiger partial charge in [0.1, 0.15) is 0 Å². The third kappa shape index (κ3) is 6.02. The number of hydrogen-bond acceptors (Lipinski definition) is 4. The maximum absolute atomic E-state index is 12.6. The van der Waals surface area contributed by atoms with Crippen molar-refractivity contribution in [1.29, 1.82) is 0 Å². The summed E-state index contributed by atoms with van der Waals surface area (Å²) in [6, 6.07) is 10.1. The van der Waals surface area contributed by atoms with Gasteiger partial charge in [-0.25, -0.2) is 4.98 Å². The van der Waals surface area contributed by atoms with Crippen LogP contribution in [0.1, 0.15) is 70.3 Å². The first-order valence-corrected chi connectivity index (χ1v) is 11.9. The maximum atomic E-state index is 12.6. The highest BCUT2D eigenvalue weighted by Gasteiger charge is 2.12. The van der Waals surface area contributed by atoms with Crippen molar-refractivity contribution in [2.24, 2.45) is 0 Å². The summed E-state index contributed by atoms with van der Waals surface area (Å²) in [6.07, 6.45) is 12.6. The fourth-order valence-electron chi connectivity index (χ4n) is 3.79. The Labute approximate surface area is 179 Å². The first-order chi connectivity index (χ1) is 14.1. The highest BCUT2D eigenvalue weighted by Crippen LogP contribution is 2.32. The second-order valence-electron chi connectivity index (χ2n) is 8.27. The van der Waals surface area contributed by atoms with Crippen molar-refractivity contribution in [2.45, 2.75) is 71.1 Å². The van der Waals surface area contributed by atoms with Gasteiger partial charge < -0.3 is 4.90 Å². The van der Waals surface area contributed by atoms with E-state index in [4.69, 9.17) is 4.98 Å². The summed E-state index contributed by atoms with van der Waals surface area (Å²) >= 11 is 1.66. The van der Waals surface area contributed by atoms with Crippen LogP contribution in [0.15, 0.2) is 35.1 Å². The number of fused-ring (bicyclic) bond motifs is 2. The zero-order valence-electron chi connectivity index (χ0n) is 18.2. The van der Waals surface area contributed by atoms with Crippen LogP contribution in [0.5, 0.6) is 0 Å². The average molecular weight is 411 g/mol. The number of hydrogen-bond donors (Lipinski definition) is 0. The quantitative estimate of drug-likeness (QED) is 0.254. The van der Waals surface area contributed by atoms with Gasteiger partial charge in [-0.3, -0.25) is 4.79 Å². The van der Waals surface area contributed by atoms with E-state index in [-0.39, 0.29) is 5.43 Å². The number of unbranched alkanes of at least 4 members (excludes halogenated alkanes) is 8. The molecule has 0 unspecified atom stereocenters. The van der Waals surface area contributed by atoms with Crippen molar-refractivity contribution in [3.63, 3.8) is 0 Å². The Bertz CT molecular complexity index is 947. The summed E-state index contributed by atoms with van der Waals surface area (Å²) in [6.45, 7) is 2.26. The molecule has 3 rings (SSSR count). The van der Waals surface area contributed by atoms with E-state index in [1.165, 1.54) is 51.4 Å². The van der Waals surface area contributed by atoms with Crippen LogP contribution in [-0.2, 0) is 6.42 Å². The Morgan fingerprint density at radius 1 is 0.897 bits per heavy atom. The molecule has 1 heterocycles. The normalized spacial score (nSPS) is 11.4. The smallest absolute Gasteiger partial charge is 0.183 e. The van der Waals surface area contributed by atoms with Crippen LogP contribution in [0.2, 0.25) is 0 Å². The minimum Gasteiger partial charge on any atom is -0.378 e. The molecular formula is C25H34N2OS. The molecule has 4 heteroatoms. The second kappa shape index (κ2) is 10.7. The van der Waals surface area contributed by atoms with E-state index < -0.39 is 0 Å². The fraction of sp³-hybridized carbons (Fsp3) is 0.520. The maximum Gasteiger partial charge on any atom is 0.183 e. The Kier molecular flexibility index (Phi) is 8.05. The lowest BCUT2D eigenvalue weighted by Crippen LogP contribution is -2.09. The molecule has 0 saturated carbocycles. The fourth-order valence-corrected chi connectivity index (χ4v) is 4.80. The second-order valence-corrected chi connectivity index (χ2v) is 9.35. The van der Waals surface area contributed by atoms with Crippen LogP contribution >= 0.6 is 11.3 Å². The molecule has 0 fully saturated rings. The molecule has 0 saturated heterocycles. The van der Waals surface area contributed by atoms with Gasteiger partial charge in [-0.15, -0.1) is 11.3 Å². The summed E-state index contributed by atoms with van der Waals surface area (Å²) in [5.74, 6) is 0. The molecule has 3 nitrogen and oxygen atoms in total. The molecule has 0 atom stereocenters. The molecule has 29 heavy (non-hydrogen) atoms. The van der Waals surface area contributed by atoms with Gasteiger partial charge in [0.15, 0.2) is 5.43 Å². The lowest BCUT2D eigenvalue weighted by Gasteiger charge is -2.14. The molecule has 0 bridgehead atoms. The number of aromatic nitrogens is 1. The summed E-state index contributed by atoms with van der Waals surface area (Å²) < 4.78 is 1.12. The topological polar surface area (TPSA) is 33.2 Å². The van der Waals surface area contributed by atoms with Gasteiger partial charge in [0.05, 0.1) is 20.8 Å². The summed E-state index contributed by atoms with van der Waals surface area (Å²) in [4.78, 5) is 20.5. The van der Waals surface area contributed by atoms with E-state index in [9.17, 15) is 4.79 Å². The van der Waals surface area contributed by atoms with E-state index in [0.29, 0.717) is 0 Å². The summed E-state index contributed by atoms with van der Waals surface area (Å²) in [7, 11) is 4.07. The Morgan fingerprint density at radius 2 is 1.59 bits per heavy atom. The Balaban J connectivity index is 1.60. The zero-order valence-corrected chi connectivity index (χ0v) is 19.0. The minimum absolute atomic E-state index is 0.165. The first kappa shape index (κ1) is 21.8. The van der Waals surface area contributed by atoms with Gasteiger partial charge in [-0.05, 0) is 37.1 Å². The largest absolute Gasteiger partial charge is 0.378 e. The highest BCUT2D eigenvalue weighted by molar-refractivity contribution is 7.21. The lowest BCUT2D eigenvalue weighted by atomic mass is 10.0. The van der Waals surface area contributed by atoms with Gasteiger partial charge in [0.2, 0.25) is 0 Å². The average Bonchev–Trinajstić information content (AvgIpc) is 2.71. The SMILES string of the molecule is CCCCCCCCCCCc1cc2nc3ccc(N(C)C)cc3sc-2cc1=O. The number of nitrogens with zero attached hydrogens (tertiary/aromatic N) is 2. The molecule has 0 N–H and O–H groups in total. The monoisotopic (exact) mass is 410 g/mol. The molecule has 1 aliphatic carbocycles. The Hall–Kier alpha value is -1.94. The number of rotatable bonds is 11. The molecule has 1 aromatic carbocycles. The van der Waals surface area contributed by atoms with Crippen molar-refractivity contribution >= 4 is 27.2 Å². The van der Waals surface area contributed by atoms with Crippen LogP contribution < -0.4 is 10.3 Å². The Morgan fingerprint density at radius 3 is 2.28 bits per heavy atom. The number of aryl methyl sites for hydroxylation is 1. The third-order valence-corrected chi connectivity index (χ3v) is 6.71. The van der Waals surface area contributed by atoms with Crippen LogP contribution in [0.25, 0.3) is 20.8 Å². The molecule has 1 aliphatic heterocycles. The van der Waals surface area contributed by atoms with Crippen LogP contribution in [0, 0.1) is 0 Å². The third-order valence-electron chi connectivity index (χ3n) is 5.61. The van der Waals surface area contributed by atoms with Crippen LogP contribution in [0.4, 0.5) is 5.69 Å². The van der Waals surface area contributed by atoms with Crippen molar-refractivity contribution < 1.29 is 0 Å². The van der Waals surface area contributed by atoms with Gasteiger partial charge in [-0.1, -0.05) is 58.3 Å². The molecule has 2 aliphatic rings. The summed E-state index contributed by atoms with van der Waals surface area (Å²) in [5.41, 5.74) is 4.19. The van der Waals surface area contributed by atoms with Crippen LogP contribution in [0.3, 0.4) is 0 Å². The highest BCUT2D eigenvalue weighted by atomic mass is 32.1. The van der Waals surface area contributed by atoms with Crippen molar-refractivity contribution in [2.75, 3.05) is 19.0 Å². The van der Waals surface area contributed by atoms with E-state index in [1.54, 1.807) is 17.4 Å². The molecule has 0 spiro atoms. The number of benzene rings is 2. The minimum atomic E-state index is 0.165. The summed E-state index contributed by atoms with van der Waals surface area (Å²) in [5, 5.41) is 0. The van der Waals surface area contributed by atoms with E-state index >= 15 is 0 Å². The first-order valence-electron chi connectivity index (χ1n) is 11.1. The molecule has 0 aromatic heterocycles. The van der Waals surface area contributed by atoms with E-state index in [0.717, 1.165) is 44.9 Å².